The van der Waals surface area contributed by atoms with E-state index in [1.165, 1.54) is 32.1 Å². The monoisotopic (exact) mass is 247 g/mol. The molecule has 0 radical (unpaired) electrons. The first-order valence-corrected chi connectivity index (χ1v) is 6.87. The van der Waals surface area contributed by atoms with E-state index in [0.29, 0.717) is 0 Å². The van der Waals surface area contributed by atoms with Gasteiger partial charge in [-0.05, 0) is 18.6 Å². The maximum atomic E-state index is 12.0. The minimum Gasteiger partial charge on any atom is -0.250 e. The fourth-order valence-corrected chi connectivity index (χ4v) is 2.16. The molecule has 98 valence electrons. The topological polar surface area (TPSA) is 39.3 Å². The van der Waals surface area contributed by atoms with Crippen LogP contribution in [0.5, 0.6) is 0 Å². The molecular weight excluding hydrogens is 226 g/mol. The van der Waals surface area contributed by atoms with Gasteiger partial charge in [0.15, 0.2) is 5.65 Å². The third-order valence-corrected chi connectivity index (χ3v) is 3.21. The highest BCUT2D eigenvalue weighted by atomic mass is 16.2. The fraction of sp³-hybridized carbons (Fsp3) is 0.571. The fourth-order valence-electron chi connectivity index (χ4n) is 2.16. The van der Waals surface area contributed by atoms with Crippen molar-refractivity contribution in [3.05, 3.63) is 34.9 Å². The molecule has 0 bridgehead atoms. The number of aryl methyl sites for hydroxylation is 1. The summed E-state index contributed by atoms with van der Waals surface area (Å²) in [7, 11) is 0. The van der Waals surface area contributed by atoms with Gasteiger partial charge >= 0.3 is 5.69 Å². The average Bonchev–Trinajstić information content (AvgIpc) is 2.71. The molecule has 2 rings (SSSR count). The van der Waals surface area contributed by atoms with Crippen LogP contribution in [0.25, 0.3) is 5.65 Å². The van der Waals surface area contributed by atoms with Gasteiger partial charge in [-0.1, -0.05) is 45.1 Å². The lowest BCUT2D eigenvalue weighted by Gasteiger charge is -2.00. The Bertz CT molecular complexity index is 541. The average molecular weight is 247 g/mol. The van der Waals surface area contributed by atoms with E-state index < -0.39 is 0 Å². The summed E-state index contributed by atoms with van der Waals surface area (Å²) in [6, 6.07) is 5.61. The normalized spacial score (nSPS) is 11.2. The highest BCUT2D eigenvalue weighted by molar-refractivity contribution is 5.35. The van der Waals surface area contributed by atoms with E-state index in [-0.39, 0.29) is 5.69 Å². The Morgan fingerprint density at radius 2 is 1.89 bits per heavy atom. The predicted molar refractivity (Wildman–Crippen MR) is 72.8 cm³/mol. The molecule has 4 nitrogen and oxygen atoms in total. The molecule has 0 unspecified atom stereocenters. The van der Waals surface area contributed by atoms with Crippen LogP contribution in [0.4, 0.5) is 0 Å². The van der Waals surface area contributed by atoms with E-state index in [0.717, 1.165) is 18.6 Å². The Morgan fingerprint density at radius 3 is 2.67 bits per heavy atom. The second-order valence-corrected chi connectivity index (χ2v) is 4.70. The van der Waals surface area contributed by atoms with Gasteiger partial charge in [-0.3, -0.25) is 4.40 Å². The van der Waals surface area contributed by atoms with E-state index in [4.69, 9.17) is 0 Å². The maximum absolute atomic E-state index is 12.0. The first-order chi connectivity index (χ1) is 8.83. The molecule has 4 heteroatoms. The molecule has 0 fully saturated rings. The number of aromatic nitrogens is 3. The lowest BCUT2D eigenvalue weighted by atomic mass is 10.1. The van der Waals surface area contributed by atoms with Gasteiger partial charge in [-0.15, -0.1) is 5.10 Å². The number of rotatable bonds is 7. The summed E-state index contributed by atoms with van der Waals surface area (Å²) >= 11 is 0. The molecule has 2 heterocycles. The molecule has 0 saturated heterocycles. The van der Waals surface area contributed by atoms with Crippen LogP contribution >= 0.6 is 0 Å². The van der Waals surface area contributed by atoms with Crippen molar-refractivity contribution in [1.82, 2.24) is 14.2 Å². The van der Waals surface area contributed by atoms with Crippen molar-refractivity contribution in [3.63, 3.8) is 0 Å². The van der Waals surface area contributed by atoms with Crippen LogP contribution in [-0.2, 0) is 6.54 Å². The zero-order valence-corrected chi connectivity index (χ0v) is 11.0. The number of unbranched alkanes of at least 4 members (excludes halogenated alkanes) is 5. The molecule has 0 atom stereocenters. The van der Waals surface area contributed by atoms with Gasteiger partial charge in [-0.25, -0.2) is 9.48 Å². The summed E-state index contributed by atoms with van der Waals surface area (Å²) in [6.45, 7) is 2.95. The second kappa shape index (κ2) is 6.38. The number of hydrogen-bond donors (Lipinski definition) is 0. The first-order valence-electron chi connectivity index (χ1n) is 6.87. The lowest BCUT2D eigenvalue weighted by Crippen LogP contribution is -2.21. The van der Waals surface area contributed by atoms with Crippen LogP contribution in [0.1, 0.15) is 45.4 Å². The summed E-state index contributed by atoms with van der Waals surface area (Å²) in [5.41, 5.74) is 0.702. The Labute approximate surface area is 107 Å². The summed E-state index contributed by atoms with van der Waals surface area (Å²) in [6.07, 6.45) is 9.13. The van der Waals surface area contributed by atoms with Crippen LogP contribution in [0, 0.1) is 0 Å². The Kier molecular flexibility index (Phi) is 4.56. The van der Waals surface area contributed by atoms with Crippen molar-refractivity contribution in [1.29, 1.82) is 0 Å². The molecule has 0 aromatic carbocycles. The molecule has 0 aliphatic heterocycles. The number of nitrogens with zero attached hydrogens (tertiary/aromatic N) is 3. The predicted octanol–water partition coefficient (Wildman–Crippen LogP) is 2.86. The summed E-state index contributed by atoms with van der Waals surface area (Å²) in [5.74, 6) is 0. The van der Waals surface area contributed by atoms with E-state index >= 15 is 0 Å². The van der Waals surface area contributed by atoms with E-state index in [9.17, 15) is 4.79 Å². The summed E-state index contributed by atoms with van der Waals surface area (Å²) < 4.78 is 3.17. The van der Waals surface area contributed by atoms with Crippen molar-refractivity contribution in [2.24, 2.45) is 0 Å². The molecule has 0 spiro atoms. The van der Waals surface area contributed by atoms with Crippen LogP contribution < -0.4 is 5.69 Å². The van der Waals surface area contributed by atoms with Crippen LogP contribution in [0.15, 0.2) is 29.2 Å². The SMILES string of the molecule is CCCCCCCCn1nc2ccccn2c1=O. The molecule has 2 aromatic heterocycles. The molecular formula is C14H21N3O. The van der Waals surface area contributed by atoms with E-state index in [1.54, 1.807) is 15.3 Å². The van der Waals surface area contributed by atoms with Gasteiger partial charge in [0.25, 0.3) is 0 Å². The van der Waals surface area contributed by atoms with Crippen molar-refractivity contribution in [2.45, 2.75) is 52.0 Å². The van der Waals surface area contributed by atoms with Crippen LogP contribution in [-0.4, -0.2) is 14.2 Å². The Morgan fingerprint density at radius 1 is 1.11 bits per heavy atom. The maximum Gasteiger partial charge on any atom is 0.350 e. The van der Waals surface area contributed by atoms with Gasteiger partial charge in [0, 0.05) is 12.7 Å². The lowest BCUT2D eigenvalue weighted by molar-refractivity contribution is 0.516. The molecule has 0 amide bonds. The largest absolute Gasteiger partial charge is 0.350 e. The summed E-state index contributed by atoms with van der Waals surface area (Å²) in [5, 5.41) is 4.31. The third-order valence-electron chi connectivity index (χ3n) is 3.21. The first kappa shape index (κ1) is 12.9. The number of pyridine rings is 1. The van der Waals surface area contributed by atoms with Crippen molar-refractivity contribution in [3.8, 4) is 0 Å². The van der Waals surface area contributed by atoms with Crippen LogP contribution in [0.2, 0.25) is 0 Å². The van der Waals surface area contributed by atoms with Gasteiger partial charge in [0.1, 0.15) is 0 Å². The van der Waals surface area contributed by atoms with E-state index in [2.05, 4.69) is 12.0 Å². The van der Waals surface area contributed by atoms with Crippen molar-refractivity contribution in [2.75, 3.05) is 0 Å². The quantitative estimate of drug-likeness (QED) is 0.706. The zero-order chi connectivity index (χ0) is 12.8. The van der Waals surface area contributed by atoms with Gasteiger partial charge in [0.2, 0.25) is 0 Å². The molecule has 0 aliphatic rings. The Balaban J connectivity index is 1.88. The molecule has 0 saturated carbocycles. The number of hydrogen-bond acceptors (Lipinski definition) is 2. The van der Waals surface area contributed by atoms with Crippen molar-refractivity contribution >= 4 is 5.65 Å². The van der Waals surface area contributed by atoms with Gasteiger partial charge in [-0.2, -0.15) is 0 Å². The van der Waals surface area contributed by atoms with Crippen LogP contribution in [0.3, 0.4) is 0 Å². The van der Waals surface area contributed by atoms with Crippen molar-refractivity contribution < 1.29 is 0 Å². The number of fused-ring (bicyclic) bond motifs is 1. The third kappa shape index (κ3) is 3.00. The standard InChI is InChI=1S/C14H21N3O/c1-2-3-4-5-6-8-12-17-14(18)16-11-9-7-10-13(16)15-17/h7,9-11H,2-6,8,12H2,1H3. The molecule has 0 N–H and O–H groups in total. The zero-order valence-electron chi connectivity index (χ0n) is 11.0. The second-order valence-electron chi connectivity index (χ2n) is 4.70. The van der Waals surface area contributed by atoms with Gasteiger partial charge in [0.05, 0.1) is 0 Å². The molecule has 18 heavy (non-hydrogen) atoms. The summed E-state index contributed by atoms with van der Waals surface area (Å²) in [4.78, 5) is 12.0. The highest BCUT2D eigenvalue weighted by Gasteiger charge is 2.04. The van der Waals surface area contributed by atoms with Gasteiger partial charge < -0.3 is 0 Å². The molecule has 2 aromatic rings. The van der Waals surface area contributed by atoms with E-state index in [1.807, 2.05) is 18.2 Å². The molecule has 0 aliphatic carbocycles. The Hall–Kier alpha value is -1.58. The minimum absolute atomic E-state index is 0.0286. The minimum atomic E-state index is -0.0286. The highest BCUT2D eigenvalue weighted by Crippen LogP contribution is 2.05. The smallest absolute Gasteiger partial charge is 0.250 e.